The Morgan fingerprint density at radius 1 is 1.15 bits per heavy atom. The van der Waals surface area contributed by atoms with Crippen molar-refractivity contribution in [1.29, 1.82) is 0 Å². The second-order valence-corrected chi connectivity index (χ2v) is 7.28. The van der Waals surface area contributed by atoms with E-state index in [2.05, 4.69) is 17.0 Å². The molecule has 0 aromatic heterocycles. The van der Waals surface area contributed by atoms with E-state index in [4.69, 9.17) is 4.74 Å². The Bertz CT molecular complexity index is 832. The molecule has 4 nitrogen and oxygen atoms in total. The second-order valence-electron chi connectivity index (χ2n) is 7.28. The zero-order valence-electron chi connectivity index (χ0n) is 15.0. The van der Waals surface area contributed by atoms with Gasteiger partial charge in [-0.2, -0.15) is 0 Å². The topological polar surface area (TPSA) is 46.6 Å². The van der Waals surface area contributed by atoms with E-state index in [1.807, 2.05) is 49.4 Å². The van der Waals surface area contributed by atoms with Crippen molar-refractivity contribution in [3.8, 4) is 0 Å². The summed E-state index contributed by atoms with van der Waals surface area (Å²) in [7, 11) is 0. The SMILES string of the molecule is CCOC(=O)C1CN(Cc2ccccc2)CC12Cc1ccccc1C2=O. The number of fused-ring (bicyclic) bond motifs is 1. The smallest absolute Gasteiger partial charge is 0.311 e. The Labute approximate surface area is 153 Å². The van der Waals surface area contributed by atoms with Gasteiger partial charge in [0.1, 0.15) is 0 Å². The van der Waals surface area contributed by atoms with Gasteiger partial charge in [-0.05, 0) is 24.5 Å². The average Bonchev–Trinajstić information content (AvgIpc) is 3.15. The van der Waals surface area contributed by atoms with Crippen molar-refractivity contribution in [2.75, 3.05) is 19.7 Å². The van der Waals surface area contributed by atoms with Crippen LogP contribution in [0.25, 0.3) is 0 Å². The molecule has 0 saturated carbocycles. The van der Waals surface area contributed by atoms with Crippen LogP contribution in [0.5, 0.6) is 0 Å². The van der Waals surface area contributed by atoms with Gasteiger partial charge in [0.25, 0.3) is 0 Å². The highest BCUT2D eigenvalue weighted by Gasteiger charge is 2.58. The van der Waals surface area contributed by atoms with Gasteiger partial charge in [0.05, 0.1) is 17.9 Å². The van der Waals surface area contributed by atoms with Gasteiger partial charge in [0.2, 0.25) is 0 Å². The molecule has 0 bridgehead atoms. The molecule has 1 heterocycles. The molecule has 2 aliphatic rings. The van der Waals surface area contributed by atoms with Gasteiger partial charge in [-0.15, -0.1) is 0 Å². The normalized spacial score (nSPS) is 24.8. The molecule has 1 saturated heterocycles. The van der Waals surface area contributed by atoms with Crippen LogP contribution in [-0.2, 0) is 22.5 Å². The van der Waals surface area contributed by atoms with Crippen LogP contribution in [0.3, 0.4) is 0 Å². The zero-order chi connectivity index (χ0) is 18.1. The van der Waals surface area contributed by atoms with Crippen molar-refractivity contribution < 1.29 is 14.3 Å². The lowest BCUT2D eigenvalue weighted by atomic mass is 9.74. The monoisotopic (exact) mass is 349 g/mol. The largest absolute Gasteiger partial charge is 0.466 e. The van der Waals surface area contributed by atoms with E-state index in [0.717, 1.165) is 17.7 Å². The van der Waals surface area contributed by atoms with E-state index < -0.39 is 11.3 Å². The quantitative estimate of drug-likeness (QED) is 0.796. The van der Waals surface area contributed by atoms with Gasteiger partial charge in [-0.25, -0.2) is 0 Å². The lowest BCUT2D eigenvalue weighted by Gasteiger charge is -2.27. The molecule has 2 aromatic rings. The van der Waals surface area contributed by atoms with Crippen LogP contribution in [-0.4, -0.2) is 36.3 Å². The number of carbonyl (C=O) groups excluding carboxylic acids is 2. The number of benzene rings is 2. The van der Waals surface area contributed by atoms with Gasteiger partial charge in [-0.3, -0.25) is 14.5 Å². The lowest BCUT2D eigenvalue weighted by Crippen LogP contribution is -2.41. The molecule has 26 heavy (non-hydrogen) atoms. The second kappa shape index (κ2) is 6.69. The van der Waals surface area contributed by atoms with Crippen LogP contribution in [0.15, 0.2) is 54.6 Å². The zero-order valence-corrected chi connectivity index (χ0v) is 15.0. The minimum Gasteiger partial charge on any atom is -0.466 e. The van der Waals surface area contributed by atoms with Gasteiger partial charge in [0.15, 0.2) is 5.78 Å². The minimum absolute atomic E-state index is 0.0988. The number of hydrogen-bond acceptors (Lipinski definition) is 4. The molecule has 1 fully saturated rings. The molecule has 4 heteroatoms. The first-order chi connectivity index (χ1) is 12.6. The number of ether oxygens (including phenoxy) is 1. The van der Waals surface area contributed by atoms with Crippen LogP contribution in [0.4, 0.5) is 0 Å². The average molecular weight is 349 g/mol. The van der Waals surface area contributed by atoms with Crippen molar-refractivity contribution >= 4 is 11.8 Å². The van der Waals surface area contributed by atoms with E-state index in [1.165, 1.54) is 5.56 Å². The van der Waals surface area contributed by atoms with Crippen molar-refractivity contribution in [2.45, 2.75) is 19.9 Å². The number of Topliss-reactive ketones (excluding diaryl/α,β-unsaturated/α-hetero) is 1. The Morgan fingerprint density at radius 2 is 1.88 bits per heavy atom. The number of carbonyl (C=O) groups is 2. The molecule has 0 amide bonds. The van der Waals surface area contributed by atoms with Gasteiger partial charge in [-0.1, -0.05) is 54.6 Å². The van der Waals surface area contributed by atoms with E-state index in [1.54, 1.807) is 0 Å². The van der Waals surface area contributed by atoms with Crippen LogP contribution in [0, 0.1) is 11.3 Å². The van der Waals surface area contributed by atoms with Crippen molar-refractivity contribution in [3.63, 3.8) is 0 Å². The van der Waals surface area contributed by atoms with Crippen LogP contribution < -0.4 is 0 Å². The third-order valence-corrected chi connectivity index (χ3v) is 5.65. The first-order valence-corrected chi connectivity index (χ1v) is 9.19. The molecule has 0 radical (unpaired) electrons. The number of hydrogen-bond donors (Lipinski definition) is 0. The molecular formula is C22H23NO3. The Balaban J connectivity index is 1.65. The van der Waals surface area contributed by atoms with E-state index in [-0.39, 0.29) is 11.8 Å². The summed E-state index contributed by atoms with van der Waals surface area (Å²) in [6, 6.07) is 17.9. The Hall–Kier alpha value is -2.46. The van der Waals surface area contributed by atoms with Crippen molar-refractivity contribution in [2.24, 2.45) is 11.3 Å². The fourth-order valence-electron chi connectivity index (χ4n) is 4.51. The van der Waals surface area contributed by atoms with Gasteiger partial charge in [0, 0.05) is 25.2 Å². The number of likely N-dealkylation sites (tertiary alicyclic amines) is 1. The number of ketones is 1. The number of nitrogens with zero attached hydrogens (tertiary/aromatic N) is 1. The maximum atomic E-state index is 13.3. The first kappa shape index (κ1) is 17.0. The maximum absolute atomic E-state index is 13.3. The Kier molecular flexibility index (Phi) is 4.37. The van der Waals surface area contributed by atoms with Crippen molar-refractivity contribution in [3.05, 3.63) is 71.3 Å². The minimum atomic E-state index is -0.690. The van der Waals surface area contributed by atoms with Crippen molar-refractivity contribution in [1.82, 2.24) is 4.90 Å². The number of rotatable bonds is 4. The van der Waals surface area contributed by atoms with Gasteiger partial charge < -0.3 is 4.74 Å². The summed E-state index contributed by atoms with van der Waals surface area (Å²) >= 11 is 0. The van der Waals surface area contributed by atoms with E-state index in [0.29, 0.717) is 26.1 Å². The van der Waals surface area contributed by atoms with E-state index >= 15 is 0 Å². The molecule has 2 aromatic carbocycles. The highest BCUT2D eigenvalue weighted by Crippen LogP contribution is 2.48. The molecule has 2 atom stereocenters. The molecule has 0 N–H and O–H groups in total. The predicted octanol–water partition coefficient (Wildman–Crippen LogP) is 3.11. The summed E-state index contributed by atoms with van der Waals surface area (Å²) in [6.07, 6.45) is 0.622. The molecule has 134 valence electrons. The summed E-state index contributed by atoms with van der Waals surface area (Å²) in [6.45, 7) is 4.05. The van der Waals surface area contributed by atoms with Gasteiger partial charge >= 0.3 is 5.97 Å². The molecule has 1 spiro atoms. The highest BCUT2D eigenvalue weighted by molar-refractivity contribution is 6.07. The summed E-state index contributed by atoms with van der Waals surface area (Å²) in [5, 5.41) is 0. The third-order valence-electron chi connectivity index (χ3n) is 5.65. The molecular weight excluding hydrogens is 326 g/mol. The summed E-state index contributed by atoms with van der Waals surface area (Å²) in [4.78, 5) is 28.2. The van der Waals surface area contributed by atoms with Crippen LogP contribution in [0.1, 0.15) is 28.4 Å². The predicted molar refractivity (Wildman–Crippen MR) is 98.8 cm³/mol. The Morgan fingerprint density at radius 3 is 2.62 bits per heavy atom. The molecule has 2 unspecified atom stereocenters. The summed E-state index contributed by atoms with van der Waals surface area (Å²) < 4.78 is 5.34. The van der Waals surface area contributed by atoms with Crippen LogP contribution in [0.2, 0.25) is 0 Å². The third kappa shape index (κ3) is 2.74. The molecule has 1 aliphatic heterocycles. The van der Waals surface area contributed by atoms with E-state index in [9.17, 15) is 9.59 Å². The lowest BCUT2D eigenvalue weighted by molar-refractivity contribution is -0.150. The molecule has 1 aliphatic carbocycles. The fourth-order valence-corrected chi connectivity index (χ4v) is 4.51. The molecule has 4 rings (SSSR count). The first-order valence-electron chi connectivity index (χ1n) is 9.19. The standard InChI is InChI=1S/C22H23NO3/c1-2-26-21(25)19-14-23(13-16-8-4-3-5-9-16)15-22(19)12-17-10-6-7-11-18(17)20(22)24/h3-11,19H,2,12-15H2,1H3. The maximum Gasteiger partial charge on any atom is 0.311 e. The number of esters is 1. The summed E-state index contributed by atoms with van der Waals surface area (Å²) in [5.41, 5.74) is 2.32. The highest BCUT2D eigenvalue weighted by atomic mass is 16.5. The fraction of sp³-hybridized carbons (Fsp3) is 0.364. The summed E-state index contributed by atoms with van der Waals surface area (Å²) in [5.74, 6) is -0.558. The van der Waals surface area contributed by atoms with Crippen LogP contribution >= 0.6 is 0 Å².